The third-order valence-corrected chi connectivity index (χ3v) is 1.23. The fourth-order valence-electron chi connectivity index (χ4n) is 0.818. The molecule has 64 valence electrons. The van der Waals surface area contributed by atoms with E-state index < -0.39 is 5.97 Å². The third-order valence-electron chi connectivity index (χ3n) is 1.23. The predicted molar refractivity (Wildman–Crippen MR) is 43.5 cm³/mol. The molecule has 0 aromatic rings. The number of carbonyl (C=O) groups excluding carboxylic acids is 1. The van der Waals surface area contributed by atoms with Crippen LogP contribution in [-0.2, 0) is 9.53 Å². The highest BCUT2D eigenvalue weighted by molar-refractivity contribution is 5.69. The minimum absolute atomic E-state index is 0.0760. The molecule has 0 aromatic carbocycles. The molecule has 1 rings (SSSR count). The topological polar surface area (TPSA) is 52.4 Å². The van der Waals surface area contributed by atoms with Gasteiger partial charge in [0.2, 0.25) is 6.54 Å². The summed E-state index contributed by atoms with van der Waals surface area (Å²) in [6.07, 6.45) is 6.20. The zero-order valence-corrected chi connectivity index (χ0v) is 6.69. The van der Waals surface area contributed by atoms with Crippen molar-refractivity contribution >= 4 is 12.2 Å². The number of allylic oxidation sites excluding steroid dienone is 3. The molecule has 0 saturated heterocycles. The zero-order chi connectivity index (χ0) is 8.97. The van der Waals surface area contributed by atoms with Gasteiger partial charge in [-0.25, -0.2) is 4.74 Å². The van der Waals surface area contributed by atoms with Crippen LogP contribution in [0.25, 0.3) is 0 Å². The van der Waals surface area contributed by atoms with E-state index in [0.717, 1.165) is 0 Å². The van der Waals surface area contributed by atoms with Gasteiger partial charge >= 0.3 is 5.97 Å². The van der Waals surface area contributed by atoms with Gasteiger partial charge < -0.3 is 9.94 Å². The van der Waals surface area contributed by atoms with Gasteiger partial charge in [0, 0.05) is 13.0 Å². The molecule has 0 aromatic heterocycles. The van der Waals surface area contributed by atoms with E-state index in [-0.39, 0.29) is 6.54 Å². The lowest BCUT2D eigenvalue weighted by Gasteiger charge is -2.04. The Hall–Kier alpha value is -1.58. The molecule has 0 spiro atoms. The van der Waals surface area contributed by atoms with Crippen molar-refractivity contribution in [2.75, 3.05) is 6.54 Å². The largest absolute Gasteiger partial charge is 0.623 e. The molecule has 0 atom stereocenters. The van der Waals surface area contributed by atoms with Crippen LogP contribution in [0, 0.1) is 5.21 Å². The maximum absolute atomic E-state index is 10.9. The molecule has 0 aliphatic carbocycles. The molecule has 1 aliphatic heterocycles. The lowest BCUT2D eigenvalue weighted by molar-refractivity contribution is -0.446. The molecular weight excluding hydrogens is 158 g/mol. The fourth-order valence-corrected chi connectivity index (χ4v) is 0.818. The Kier molecular flexibility index (Phi) is 2.63. The Morgan fingerprint density at radius 3 is 3.08 bits per heavy atom. The lowest BCUT2D eigenvalue weighted by atomic mass is 10.4. The second kappa shape index (κ2) is 3.71. The molecule has 0 amide bonds. The van der Waals surface area contributed by atoms with Crippen LogP contribution in [0.2, 0.25) is 0 Å². The molecule has 12 heavy (non-hydrogen) atoms. The average molecular weight is 167 g/mol. The number of hydrogen-bond acceptors (Lipinski definition) is 3. The van der Waals surface area contributed by atoms with E-state index in [0.29, 0.717) is 10.5 Å². The minimum Gasteiger partial charge on any atom is -0.623 e. The smallest absolute Gasteiger partial charge is 0.307 e. The van der Waals surface area contributed by atoms with Crippen LogP contribution in [0.1, 0.15) is 6.92 Å². The molecular formula is C8H9NO3. The first-order valence-electron chi connectivity index (χ1n) is 3.51. The molecule has 0 radical (unpaired) electrons. The van der Waals surface area contributed by atoms with E-state index in [9.17, 15) is 10.0 Å². The van der Waals surface area contributed by atoms with Crippen molar-refractivity contribution < 1.29 is 14.3 Å². The van der Waals surface area contributed by atoms with Crippen LogP contribution in [0.5, 0.6) is 0 Å². The van der Waals surface area contributed by atoms with E-state index in [1.807, 2.05) is 0 Å². The quantitative estimate of drug-likeness (QED) is 0.326. The van der Waals surface area contributed by atoms with Crippen molar-refractivity contribution in [3.63, 3.8) is 0 Å². The van der Waals surface area contributed by atoms with Gasteiger partial charge in [0.15, 0.2) is 12.0 Å². The van der Waals surface area contributed by atoms with Crippen molar-refractivity contribution in [2.45, 2.75) is 6.92 Å². The highest BCUT2D eigenvalue weighted by atomic mass is 16.5. The Bertz CT molecular complexity index is 276. The Balaban J connectivity index is 2.67. The lowest BCUT2D eigenvalue weighted by Crippen LogP contribution is -2.11. The number of hydrogen-bond donors (Lipinski definition) is 0. The Morgan fingerprint density at radius 1 is 1.67 bits per heavy atom. The van der Waals surface area contributed by atoms with E-state index in [4.69, 9.17) is 4.74 Å². The van der Waals surface area contributed by atoms with Gasteiger partial charge in [-0.1, -0.05) is 6.08 Å². The molecule has 0 saturated carbocycles. The number of ether oxygens (including phenoxy) is 1. The molecule has 0 fully saturated rings. The first-order chi connectivity index (χ1) is 5.68. The van der Waals surface area contributed by atoms with Crippen molar-refractivity contribution in [2.24, 2.45) is 0 Å². The summed E-state index contributed by atoms with van der Waals surface area (Å²) in [6.45, 7) is 1.38. The number of rotatable bonds is 1. The molecule has 1 heterocycles. The van der Waals surface area contributed by atoms with Crippen LogP contribution < -0.4 is 0 Å². The van der Waals surface area contributed by atoms with Crippen LogP contribution in [0.4, 0.5) is 0 Å². The molecule has 0 bridgehead atoms. The minimum atomic E-state index is -0.412. The first-order valence-corrected chi connectivity index (χ1v) is 3.51. The summed E-state index contributed by atoms with van der Waals surface area (Å²) in [5.74, 6) is -0.0487. The highest BCUT2D eigenvalue weighted by Crippen LogP contribution is 2.01. The van der Waals surface area contributed by atoms with Crippen LogP contribution in [0.3, 0.4) is 0 Å². The highest BCUT2D eigenvalue weighted by Gasteiger charge is 2.06. The normalized spacial score (nSPS) is 16.1. The van der Waals surface area contributed by atoms with Gasteiger partial charge in [-0.3, -0.25) is 4.79 Å². The van der Waals surface area contributed by atoms with Gasteiger partial charge in [-0.2, -0.15) is 0 Å². The predicted octanol–water partition coefficient (Wildman–Crippen LogP) is 0.584. The molecule has 1 aliphatic rings. The fraction of sp³-hybridized carbons (Fsp3) is 0.250. The van der Waals surface area contributed by atoms with Crippen LogP contribution in [-0.4, -0.2) is 23.5 Å². The first kappa shape index (κ1) is 8.52. The summed E-state index contributed by atoms with van der Waals surface area (Å²) in [4.78, 5) is 10.5. The van der Waals surface area contributed by atoms with Gasteiger partial charge in [0.05, 0.1) is 0 Å². The van der Waals surface area contributed by atoms with Crippen molar-refractivity contribution in [3.05, 3.63) is 29.2 Å². The van der Waals surface area contributed by atoms with Crippen molar-refractivity contribution in [1.82, 2.24) is 0 Å². The molecule has 0 N–H and O–H groups in total. The monoisotopic (exact) mass is 167 g/mol. The molecule has 4 nitrogen and oxygen atoms in total. The number of carbonyl (C=O) groups is 1. The maximum Gasteiger partial charge on any atom is 0.307 e. The maximum atomic E-state index is 10.9. The third kappa shape index (κ3) is 2.57. The summed E-state index contributed by atoms with van der Waals surface area (Å²) in [6, 6.07) is 0. The SMILES string of the molecule is CC(=O)OC1=CC=CC=[N+]([O-])C1. The van der Waals surface area contributed by atoms with E-state index in [1.54, 1.807) is 18.2 Å². The Morgan fingerprint density at radius 2 is 2.42 bits per heavy atom. The van der Waals surface area contributed by atoms with E-state index in [2.05, 4.69) is 0 Å². The average Bonchev–Trinajstić information content (AvgIpc) is 2.12. The zero-order valence-electron chi connectivity index (χ0n) is 6.69. The summed E-state index contributed by atoms with van der Waals surface area (Å²) >= 11 is 0. The Labute approximate surface area is 70.0 Å². The summed E-state index contributed by atoms with van der Waals surface area (Å²) < 4.78 is 5.44. The second-order valence-corrected chi connectivity index (χ2v) is 2.34. The van der Waals surface area contributed by atoms with Gasteiger partial charge in [0.25, 0.3) is 0 Å². The van der Waals surface area contributed by atoms with Gasteiger partial charge in [-0.05, 0) is 6.08 Å². The summed E-state index contributed by atoms with van der Waals surface area (Å²) in [5.41, 5.74) is 0. The standard InChI is InChI=1S/C8H9NO3/c1-7(10)12-8-4-2-3-5-9(11)6-8/h2-5H,6H2,1H3. The van der Waals surface area contributed by atoms with Gasteiger partial charge in [-0.15, -0.1) is 0 Å². The van der Waals surface area contributed by atoms with Crippen molar-refractivity contribution in [3.8, 4) is 0 Å². The number of nitrogens with zero attached hydrogens (tertiary/aromatic N) is 1. The van der Waals surface area contributed by atoms with E-state index >= 15 is 0 Å². The second-order valence-electron chi connectivity index (χ2n) is 2.34. The van der Waals surface area contributed by atoms with E-state index in [1.165, 1.54) is 13.1 Å². The van der Waals surface area contributed by atoms with Crippen LogP contribution in [0.15, 0.2) is 24.0 Å². The summed E-state index contributed by atoms with van der Waals surface area (Å²) in [7, 11) is 0. The van der Waals surface area contributed by atoms with Crippen molar-refractivity contribution in [1.29, 1.82) is 0 Å². The number of esters is 1. The molecule has 4 heteroatoms. The molecule has 0 unspecified atom stereocenters. The number of hydroxylamine groups is 1. The van der Waals surface area contributed by atoms with Crippen LogP contribution >= 0.6 is 0 Å². The summed E-state index contributed by atoms with van der Waals surface area (Å²) in [5, 5.41) is 10.9. The van der Waals surface area contributed by atoms with Gasteiger partial charge in [0.1, 0.15) is 0 Å².